The average molecular weight is 405 g/mol. The molecule has 0 atom stereocenters. The fourth-order valence-corrected chi connectivity index (χ4v) is 3.57. The molecule has 0 aliphatic carbocycles. The summed E-state index contributed by atoms with van der Waals surface area (Å²) in [4.78, 5) is 15.9. The maximum absolute atomic E-state index is 12.1. The van der Waals surface area contributed by atoms with Crippen molar-refractivity contribution in [3.05, 3.63) is 76.3 Å². The van der Waals surface area contributed by atoms with Gasteiger partial charge in [0.1, 0.15) is 4.90 Å². The number of pyridine rings is 1. The van der Waals surface area contributed by atoms with E-state index in [4.69, 9.17) is 11.6 Å². The lowest BCUT2D eigenvalue weighted by Crippen LogP contribution is -2.28. The Kier molecular flexibility index (Phi) is 6.00. The highest BCUT2D eigenvalue weighted by Crippen LogP contribution is 2.18. The van der Waals surface area contributed by atoms with Gasteiger partial charge < -0.3 is 0 Å². The van der Waals surface area contributed by atoms with E-state index in [2.05, 4.69) is 14.8 Å². The maximum atomic E-state index is 12.1. The van der Waals surface area contributed by atoms with E-state index in [9.17, 15) is 13.2 Å². The molecule has 2 heterocycles. The zero-order chi connectivity index (χ0) is 19.3. The second kappa shape index (κ2) is 8.43. The summed E-state index contributed by atoms with van der Waals surface area (Å²) in [6.45, 7) is 0.465. The van der Waals surface area contributed by atoms with Crippen LogP contribution in [0.15, 0.2) is 70.6 Å². The summed E-state index contributed by atoms with van der Waals surface area (Å²) in [5.74, 6) is 0. The monoisotopic (exact) mass is 404 g/mol. The quantitative estimate of drug-likeness (QED) is 0.610. The Labute approximate surface area is 161 Å². The van der Waals surface area contributed by atoms with Gasteiger partial charge in [-0.05, 0) is 36.8 Å². The molecule has 1 aromatic carbocycles. The van der Waals surface area contributed by atoms with Gasteiger partial charge in [0.15, 0.2) is 0 Å². The molecule has 0 amide bonds. The third-order valence-corrected chi connectivity index (χ3v) is 5.49. The van der Waals surface area contributed by atoms with Gasteiger partial charge in [0, 0.05) is 42.1 Å². The van der Waals surface area contributed by atoms with Crippen LogP contribution in [0.3, 0.4) is 0 Å². The van der Waals surface area contributed by atoms with Crippen LogP contribution in [0, 0.1) is 0 Å². The lowest BCUT2D eigenvalue weighted by atomic mass is 10.1. The summed E-state index contributed by atoms with van der Waals surface area (Å²) in [5.41, 5.74) is 1.23. The van der Waals surface area contributed by atoms with Crippen molar-refractivity contribution in [2.24, 2.45) is 0 Å². The van der Waals surface area contributed by atoms with E-state index in [1.807, 2.05) is 12.1 Å². The largest absolute Gasteiger partial charge is 0.268 e. The standard InChI is InChI=1S/C18H17ClN4O3S/c19-15-6-4-14(5-7-15)17-8-9-18(24)23(22-17)12-2-11-21-27(25,26)16-3-1-10-20-13-16/h1,3-10,13,21H,2,11-12H2. The van der Waals surface area contributed by atoms with Gasteiger partial charge in [-0.15, -0.1) is 0 Å². The highest BCUT2D eigenvalue weighted by molar-refractivity contribution is 7.89. The minimum absolute atomic E-state index is 0.102. The van der Waals surface area contributed by atoms with E-state index in [0.717, 1.165) is 5.56 Å². The predicted octanol–water partition coefficient (Wildman–Crippen LogP) is 2.33. The van der Waals surface area contributed by atoms with Crippen LogP contribution in [0.2, 0.25) is 5.02 Å². The van der Waals surface area contributed by atoms with Crippen molar-refractivity contribution in [2.75, 3.05) is 6.54 Å². The summed E-state index contributed by atoms with van der Waals surface area (Å²) < 4.78 is 28.1. The first kappa shape index (κ1) is 19.2. The summed E-state index contributed by atoms with van der Waals surface area (Å²) in [6, 6.07) is 13.3. The maximum Gasteiger partial charge on any atom is 0.266 e. The van der Waals surface area contributed by atoms with Crippen LogP contribution in [0.25, 0.3) is 11.3 Å². The van der Waals surface area contributed by atoms with Gasteiger partial charge in [0.2, 0.25) is 10.0 Å². The van der Waals surface area contributed by atoms with Gasteiger partial charge in [-0.25, -0.2) is 17.8 Å². The first-order chi connectivity index (χ1) is 13.0. The van der Waals surface area contributed by atoms with Crippen molar-refractivity contribution < 1.29 is 8.42 Å². The lowest BCUT2D eigenvalue weighted by Gasteiger charge is -2.09. The summed E-state index contributed by atoms with van der Waals surface area (Å²) >= 11 is 5.89. The van der Waals surface area contributed by atoms with Crippen molar-refractivity contribution >= 4 is 21.6 Å². The number of halogens is 1. The Morgan fingerprint density at radius 2 is 1.85 bits per heavy atom. The number of sulfonamides is 1. The summed E-state index contributed by atoms with van der Waals surface area (Å²) in [5, 5.41) is 4.96. The average Bonchev–Trinajstić information content (AvgIpc) is 2.68. The van der Waals surface area contributed by atoms with Gasteiger partial charge in [0.25, 0.3) is 5.56 Å². The summed E-state index contributed by atoms with van der Waals surface area (Å²) in [6.07, 6.45) is 3.20. The number of aryl methyl sites for hydroxylation is 1. The van der Waals surface area contributed by atoms with Crippen LogP contribution < -0.4 is 10.3 Å². The molecule has 0 aliphatic heterocycles. The van der Waals surface area contributed by atoms with Crippen LogP contribution in [0.5, 0.6) is 0 Å². The molecule has 27 heavy (non-hydrogen) atoms. The van der Waals surface area contributed by atoms with Crippen LogP contribution in [0.4, 0.5) is 0 Å². The highest BCUT2D eigenvalue weighted by atomic mass is 35.5. The molecule has 2 aromatic heterocycles. The second-order valence-electron chi connectivity index (χ2n) is 5.73. The number of benzene rings is 1. The van der Waals surface area contributed by atoms with E-state index >= 15 is 0 Å². The van der Waals surface area contributed by atoms with Crippen molar-refractivity contribution in [2.45, 2.75) is 17.9 Å². The van der Waals surface area contributed by atoms with Crippen LogP contribution in [-0.4, -0.2) is 29.7 Å². The van der Waals surface area contributed by atoms with Crippen molar-refractivity contribution in [3.63, 3.8) is 0 Å². The smallest absolute Gasteiger partial charge is 0.266 e. The molecule has 9 heteroatoms. The molecule has 3 aromatic rings. The van der Waals surface area contributed by atoms with Gasteiger partial charge in [-0.3, -0.25) is 9.78 Å². The van der Waals surface area contributed by atoms with E-state index in [1.54, 1.807) is 24.3 Å². The van der Waals surface area contributed by atoms with Crippen LogP contribution >= 0.6 is 11.6 Å². The molecular weight excluding hydrogens is 388 g/mol. The molecule has 0 aliphatic rings. The topological polar surface area (TPSA) is 94.0 Å². The minimum atomic E-state index is -3.61. The van der Waals surface area contributed by atoms with Crippen molar-refractivity contribution in [1.82, 2.24) is 19.5 Å². The first-order valence-electron chi connectivity index (χ1n) is 8.19. The third-order valence-electron chi connectivity index (χ3n) is 3.79. The molecular formula is C18H17ClN4O3S. The zero-order valence-electron chi connectivity index (χ0n) is 14.2. The van der Waals surface area contributed by atoms with E-state index < -0.39 is 10.0 Å². The summed E-state index contributed by atoms with van der Waals surface area (Å²) in [7, 11) is -3.61. The fraction of sp³-hybridized carbons (Fsp3) is 0.167. The van der Waals surface area contributed by atoms with Gasteiger partial charge in [0.05, 0.1) is 5.69 Å². The first-order valence-corrected chi connectivity index (χ1v) is 10.1. The molecule has 0 radical (unpaired) electrons. The molecule has 140 valence electrons. The molecule has 0 saturated carbocycles. The highest BCUT2D eigenvalue weighted by Gasteiger charge is 2.13. The Morgan fingerprint density at radius 1 is 1.07 bits per heavy atom. The van der Waals surface area contributed by atoms with E-state index in [0.29, 0.717) is 17.1 Å². The number of rotatable bonds is 7. The van der Waals surface area contributed by atoms with Crippen molar-refractivity contribution in [1.29, 1.82) is 0 Å². The second-order valence-corrected chi connectivity index (χ2v) is 7.93. The van der Waals surface area contributed by atoms with Crippen LogP contribution in [-0.2, 0) is 16.6 Å². The normalized spacial score (nSPS) is 11.4. The Morgan fingerprint density at radius 3 is 2.56 bits per heavy atom. The van der Waals surface area contributed by atoms with Crippen molar-refractivity contribution in [3.8, 4) is 11.3 Å². The number of nitrogens with zero attached hydrogens (tertiary/aromatic N) is 3. The predicted molar refractivity (Wildman–Crippen MR) is 103 cm³/mol. The third kappa shape index (κ3) is 5.00. The molecule has 0 bridgehead atoms. The molecule has 0 saturated heterocycles. The fourth-order valence-electron chi connectivity index (χ4n) is 2.41. The molecule has 1 N–H and O–H groups in total. The molecule has 7 nitrogen and oxygen atoms in total. The Balaban J connectivity index is 1.64. The number of hydrogen-bond donors (Lipinski definition) is 1. The molecule has 3 rings (SSSR count). The number of nitrogens with one attached hydrogen (secondary N) is 1. The van der Waals surface area contributed by atoms with Gasteiger partial charge in [-0.1, -0.05) is 23.7 Å². The molecule has 0 fully saturated rings. The molecule has 0 spiro atoms. The van der Waals surface area contributed by atoms with Gasteiger partial charge in [-0.2, -0.15) is 5.10 Å². The van der Waals surface area contributed by atoms with Gasteiger partial charge >= 0.3 is 0 Å². The Hall–Kier alpha value is -2.55. The lowest BCUT2D eigenvalue weighted by molar-refractivity contribution is 0.536. The zero-order valence-corrected chi connectivity index (χ0v) is 15.8. The number of hydrogen-bond acceptors (Lipinski definition) is 5. The SMILES string of the molecule is O=c1ccc(-c2ccc(Cl)cc2)nn1CCCNS(=O)(=O)c1cccnc1. The van der Waals surface area contributed by atoms with Crippen LogP contribution in [0.1, 0.15) is 6.42 Å². The van der Waals surface area contributed by atoms with E-state index in [-0.39, 0.29) is 23.5 Å². The molecule has 0 unspecified atom stereocenters. The number of aromatic nitrogens is 3. The Bertz CT molecular complexity index is 1070. The minimum Gasteiger partial charge on any atom is -0.268 e. The van der Waals surface area contributed by atoms with E-state index in [1.165, 1.54) is 29.2 Å².